The number of aromatic nitrogens is 3. The zero-order chi connectivity index (χ0) is 49.3. The zero-order valence-electron chi connectivity index (χ0n) is 40.6. The van der Waals surface area contributed by atoms with Gasteiger partial charge in [0.2, 0.25) is 11.8 Å². The van der Waals surface area contributed by atoms with Crippen LogP contribution in [0.15, 0.2) is 73.1 Å². The third-order valence-electron chi connectivity index (χ3n) is 13.3. The summed E-state index contributed by atoms with van der Waals surface area (Å²) in [7, 11) is 3.18. The molecule has 6 heterocycles. The van der Waals surface area contributed by atoms with Gasteiger partial charge in [0.1, 0.15) is 29.6 Å². The van der Waals surface area contributed by atoms with Crippen LogP contribution >= 0.6 is 0 Å². The summed E-state index contributed by atoms with van der Waals surface area (Å²) < 4.78 is 14.2. The van der Waals surface area contributed by atoms with Crippen molar-refractivity contribution in [1.82, 2.24) is 40.5 Å². The lowest BCUT2D eigenvalue weighted by molar-refractivity contribution is -0.155. The van der Waals surface area contributed by atoms with Crippen LogP contribution in [0.2, 0.25) is 0 Å². The molecule has 17 heteroatoms. The molecule has 0 unspecified atom stereocenters. The van der Waals surface area contributed by atoms with E-state index in [1.54, 1.807) is 45.4 Å². The Kier molecular flexibility index (Phi) is 14.2. The topological polar surface area (TPSA) is 219 Å². The molecule has 3 aliphatic rings. The Morgan fingerprint density at radius 3 is 2.52 bits per heavy atom. The Morgan fingerprint density at radius 1 is 1.04 bits per heavy atom. The van der Waals surface area contributed by atoms with E-state index in [2.05, 4.69) is 69.9 Å². The van der Waals surface area contributed by atoms with Crippen molar-refractivity contribution in [3.05, 3.63) is 95.6 Å². The normalized spacial score (nSPS) is 20.1. The van der Waals surface area contributed by atoms with Crippen LogP contribution in [0.3, 0.4) is 0 Å². The lowest BCUT2D eigenvalue weighted by atomic mass is 9.84. The van der Waals surface area contributed by atoms with Gasteiger partial charge >= 0.3 is 5.97 Å². The minimum Gasteiger partial charge on any atom is -0.508 e. The van der Waals surface area contributed by atoms with Crippen LogP contribution in [0.25, 0.3) is 33.3 Å². The lowest BCUT2D eigenvalue weighted by Crippen LogP contribution is -2.62. The number of carbonyl (C=O) groups excluding carboxylic acids is 5. The first kappa shape index (κ1) is 48.8. The number of hydrogen-bond donors (Lipinski definition) is 5. The molecule has 0 aliphatic carbocycles. The van der Waals surface area contributed by atoms with E-state index in [4.69, 9.17) is 14.5 Å². The van der Waals surface area contributed by atoms with Gasteiger partial charge in [0.15, 0.2) is 0 Å². The fraction of sp³-hybridized carbons (Fsp3) is 0.442. The van der Waals surface area contributed by atoms with Crippen molar-refractivity contribution in [2.24, 2.45) is 11.3 Å². The van der Waals surface area contributed by atoms with Gasteiger partial charge in [-0.05, 0) is 110 Å². The summed E-state index contributed by atoms with van der Waals surface area (Å²) in [6.45, 7) is 13.4. The molecule has 5 N–H and O–H groups in total. The third kappa shape index (κ3) is 10.5. The number of nitrogens with one attached hydrogen (secondary N) is 4. The van der Waals surface area contributed by atoms with E-state index < -0.39 is 53.1 Å². The summed E-state index contributed by atoms with van der Waals surface area (Å²) in [6.07, 6.45) is 4.29. The minimum absolute atomic E-state index is 0.0251. The molecular weight excluding hydrogens is 879 g/mol. The molecule has 17 nitrogen and oxygen atoms in total. The highest BCUT2D eigenvalue weighted by atomic mass is 16.5. The van der Waals surface area contributed by atoms with Crippen molar-refractivity contribution in [3.8, 4) is 28.1 Å². The number of phenolic OH excluding ortho intramolecular Hbond substituents is 1. The number of fused-ring (bicyclic) bond motifs is 6. The number of amides is 4. The molecule has 2 fully saturated rings. The van der Waals surface area contributed by atoms with E-state index in [9.17, 15) is 29.1 Å². The molecule has 2 saturated heterocycles. The molecule has 5 atom stereocenters. The van der Waals surface area contributed by atoms with Crippen molar-refractivity contribution in [1.29, 1.82) is 0 Å². The standard InChI is InChI=1S/C52H63N9O8/c1-9-60-43-17-14-32-24-37(43)38(46(60)36-12-10-18-53-44(36)30(4)68-8)25-52(5,6)28-69-51(67)40-13-11-19-61(58-40)50(66)41(22-31-20-33(32)23-35(62)21-31)57-48(64)45(29(2)3)59(7)49(65)39-16-15-34(26-54-39)56-47(63)42-27-55-42/h10,12,14-18,20-21,23-24,26,29-30,40-42,45,55,58,62H,9,11,13,19,22,25,27-28H2,1-8H3,(H,56,63)(H,57,64)/t30-,40-,41-,42-,45-/m0/s1. The maximum absolute atomic E-state index is 14.7. The van der Waals surface area contributed by atoms with E-state index in [-0.39, 0.29) is 49.1 Å². The highest BCUT2D eigenvalue weighted by Crippen LogP contribution is 2.42. The van der Waals surface area contributed by atoms with Crippen molar-refractivity contribution < 1.29 is 38.6 Å². The predicted octanol–water partition coefficient (Wildman–Crippen LogP) is 5.55. The molecule has 4 amide bonds. The lowest BCUT2D eigenvalue weighted by Gasteiger charge is -2.36. The molecule has 0 radical (unpaired) electrons. The summed E-state index contributed by atoms with van der Waals surface area (Å²) in [5.74, 6) is -2.73. The van der Waals surface area contributed by atoms with Gasteiger partial charge in [0, 0.05) is 68.3 Å². The maximum atomic E-state index is 14.7. The number of methoxy groups -OCH3 is 1. The van der Waals surface area contributed by atoms with E-state index >= 15 is 0 Å². The molecule has 0 spiro atoms. The molecule has 0 saturated carbocycles. The molecule has 2 aromatic carbocycles. The number of benzene rings is 2. The van der Waals surface area contributed by atoms with Crippen molar-refractivity contribution >= 4 is 46.2 Å². The van der Waals surface area contributed by atoms with Crippen molar-refractivity contribution in [2.75, 3.05) is 39.2 Å². The second kappa shape index (κ2) is 20.1. The highest BCUT2D eigenvalue weighted by molar-refractivity contribution is 5.99. The number of carbonyl (C=O) groups is 5. The number of aryl methyl sites for hydroxylation is 1. The molecule has 3 aromatic heterocycles. The van der Waals surface area contributed by atoms with Gasteiger partial charge in [0.05, 0.1) is 42.0 Å². The van der Waals surface area contributed by atoms with Gasteiger partial charge in [-0.15, -0.1) is 0 Å². The van der Waals surface area contributed by atoms with Gasteiger partial charge in [-0.25, -0.2) is 10.4 Å². The minimum atomic E-state index is -1.20. The fourth-order valence-corrected chi connectivity index (χ4v) is 9.62. The van der Waals surface area contributed by atoms with E-state index in [1.807, 2.05) is 25.1 Å². The Labute approximate surface area is 402 Å². The summed E-state index contributed by atoms with van der Waals surface area (Å²) >= 11 is 0. The van der Waals surface area contributed by atoms with Gasteiger partial charge in [-0.2, -0.15) is 0 Å². The predicted molar refractivity (Wildman–Crippen MR) is 261 cm³/mol. The third-order valence-corrected chi connectivity index (χ3v) is 13.3. The Morgan fingerprint density at radius 2 is 1.83 bits per heavy atom. The van der Waals surface area contributed by atoms with Crippen molar-refractivity contribution in [2.45, 2.75) is 104 Å². The first-order valence-corrected chi connectivity index (χ1v) is 23.7. The number of hydrazine groups is 1. The Bertz CT molecular complexity index is 2770. The molecule has 8 rings (SSSR count). The Balaban J connectivity index is 1.17. The molecule has 69 heavy (non-hydrogen) atoms. The highest BCUT2D eigenvalue weighted by Gasteiger charge is 2.38. The number of esters is 1. The number of hydrogen-bond acceptors (Lipinski definition) is 12. The van der Waals surface area contributed by atoms with E-state index in [1.165, 1.54) is 29.2 Å². The number of nitrogens with zero attached hydrogens (tertiary/aromatic N) is 5. The van der Waals surface area contributed by atoms with Gasteiger partial charge in [-0.3, -0.25) is 34.0 Å². The fourth-order valence-electron chi connectivity index (χ4n) is 9.62. The number of rotatable bonds is 11. The molecule has 364 valence electrons. The smallest absolute Gasteiger partial charge is 0.324 e. The van der Waals surface area contributed by atoms with Crippen LogP contribution in [-0.4, -0.2) is 117 Å². The largest absolute Gasteiger partial charge is 0.508 e. The van der Waals surface area contributed by atoms with Crippen LogP contribution < -0.4 is 21.4 Å². The average Bonchev–Trinajstić information content (AvgIpc) is 4.15. The van der Waals surface area contributed by atoms with Crippen LogP contribution in [-0.2, 0) is 48.0 Å². The summed E-state index contributed by atoms with van der Waals surface area (Å²) in [5.41, 5.74) is 9.93. The van der Waals surface area contributed by atoms with Crippen LogP contribution in [0.4, 0.5) is 5.69 Å². The zero-order valence-corrected chi connectivity index (χ0v) is 40.6. The quantitative estimate of drug-likeness (QED) is 0.0813. The number of likely N-dealkylation sites (N-methyl/N-ethyl adjacent to an activating group) is 1. The maximum Gasteiger partial charge on any atom is 0.324 e. The van der Waals surface area contributed by atoms with Gasteiger partial charge < -0.3 is 40.0 Å². The van der Waals surface area contributed by atoms with E-state index in [0.717, 1.165) is 39.0 Å². The summed E-state index contributed by atoms with van der Waals surface area (Å²) in [6, 6.07) is 15.1. The first-order valence-electron chi connectivity index (χ1n) is 23.7. The van der Waals surface area contributed by atoms with Crippen molar-refractivity contribution in [3.63, 3.8) is 0 Å². The van der Waals surface area contributed by atoms with Crippen LogP contribution in [0.5, 0.6) is 5.75 Å². The van der Waals surface area contributed by atoms with Gasteiger partial charge in [0.25, 0.3) is 11.8 Å². The summed E-state index contributed by atoms with van der Waals surface area (Å²) in [4.78, 5) is 79.8. The molecule has 3 aliphatic heterocycles. The number of phenols is 1. The summed E-state index contributed by atoms with van der Waals surface area (Å²) in [5, 5.41) is 22.4. The monoisotopic (exact) mass is 941 g/mol. The molecule has 5 aromatic rings. The average molecular weight is 942 g/mol. The molecular formula is C52H63N9O8. The second-order valence-electron chi connectivity index (χ2n) is 19.5. The number of pyridine rings is 2. The number of aromatic hydroxyl groups is 1. The second-order valence-corrected chi connectivity index (χ2v) is 19.5. The first-order chi connectivity index (χ1) is 33.0. The van der Waals surface area contributed by atoms with Gasteiger partial charge in [-0.1, -0.05) is 39.8 Å². The van der Waals surface area contributed by atoms with Crippen LogP contribution in [0.1, 0.15) is 87.8 Å². The Hall–Kier alpha value is -6.69. The molecule has 6 bridgehead atoms. The number of cyclic esters (lactones) is 1. The SMILES string of the molecule is CCn1c(-c2cccnc2[C@H](C)OC)c2c3cc(ccc31)-c1cc(O)cc(c1)C[C@H](NC(=O)[C@H](C(C)C)N(C)C(=O)c1ccc(NC(=O)[C@@H]3CN3)cn1)C(=O)N1CCC[C@H](N1)C(=O)OCC(C)(C)C2. The van der Waals surface area contributed by atoms with E-state index in [0.29, 0.717) is 49.2 Å². The van der Waals surface area contributed by atoms with Crippen LogP contribution in [0, 0.1) is 11.3 Å². The number of anilines is 1. The number of ether oxygens (including phenoxy) is 2.